The van der Waals surface area contributed by atoms with E-state index >= 15 is 0 Å². The van der Waals surface area contributed by atoms with Crippen LogP contribution in [0.1, 0.15) is 5.56 Å². The highest BCUT2D eigenvalue weighted by Crippen LogP contribution is 2.26. The molecule has 108 valence electrons. The Morgan fingerprint density at radius 2 is 1.91 bits per heavy atom. The molecule has 0 aliphatic rings. The Kier molecular flexibility index (Phi) is 2.39. The average Bonchev–Trinajstić information content (AvgIpc) is 2.84. The number of nitro groups is 1. The summed E-state index contributed by atoms with van der Waals surface area (Å²) < 4.78 is 7.51. The molecular formula is C16H10N2O4. The predicted octanol–water partition coefficient (Wildman–Crippen LogP) is 3.42. The van der Waals surface area contributed by atoms with Gasteiger partial charge in [-0.1, -0.05) is 6.07 Å². The molecule has 2 aromatic carbocycles. The minimum Gasteiger partial charge on any atom is -0.438 e. The first kappa shape index (κ1) is 12.6. The van der Waals surface area contributed by atoms with Crippen LogP contribution in [-0.4, -0.2) is 9.32 Å². The van der Waals surface area contributed by atoms with Crippen LogP contribution in [0.2, 0.25) is 0 Å². The monoisotopic (exact) mass is 294 g/mol. The number of nitrogens with zero attached hydrogens (tertiary/aromatic N) is 2. The highest BCUT2D eigenvalue weighted by atomic mass is 16.6. The first-order valence-electron chi connectivity index (χ1n) is 6.68. The van der Waals surface area contributed by atoms with E-state index in [0.717, 1.165) is 11.1 Å². The van der Waals surface area contributed by atoms with E-state index in [1.165, 1.54) is 18.2 Å². The summed E-state index contributed by atoms with van der Waals surface area (Å²) in [6, 6.07) is 11.4. The number of benzene rings is 2. The first-order chi connectivity index (χ1) is 10.5. The number of nitro benzene ring substituents is 1. The fourth-order valence-corrected chi connectivity index (χ4v) is 2.73. The SMILES string of the molecule is Cc1ccc2oc3cc(=O)c4cc([N+](=O)[O-])ccc4n3c2c1. The van der Waals surface area contributed by atoms with Crippen molar-refractivity contribution in [2.45, 2.75) is 6.92 Å². The molecule has 6 nitrogen and oxygen atoms in total. The van der Waals surface area contributed by atoms with Crippen LogP contribution in [-0.2, 0) is 0 Å². The van der Waals surface area contributed by atoms with E-state index in [4.69, 9.17) is 4.42 Å². The van der Waals surface area contributed by atoms with Crippen molar-refractivity contribution in [2.24, 2.45) is 0 Å². The zero-order chi connectivity index (χ0) is 15.4. The molecule has 0 fully saturated rings. The largest absolute Gasteiger partial charge is 0.438 e. The van der Waals surface area contributed by atoms with E-state index in [1.54, 1.807) is 6.07 Å². The van der Waals surface area contributed by atoms with Gasteiger partial charge in [0.1, 0.15) is 0 Å². The molecule has 6 heteroatoms. The molecule has 0 atom stereocenters. The van der Waals surface area contributed by atoms with E-state index < -0.39 is 4.92 Å². The average molecular weight is 294 g/mol. The lowest BCUT2D eigenvalue weighted by Crippen LogP contribution is -2.04. The second-order valence-corrected chi connectivity index (χ2v) is 5.21. The number of aryl methyl sites for hydroxylation is 1. The molecule has 4 rings (SSSR count). The Bertz CT molecular complexity index is 1140. The van der Waals surface area contributed by atoms with E-state index in [0.29, 0.717) is 22.2 Å². The van der Waals surface area contributed by atoms with Gasteiger partial charge in [-0.2, -0.15) is 0 Å². The van der Waals surface area contributed by atoms with Crippen molar-refractivity contribution in [1.29, 1.82) is 0 Å². The summed E-state index contributed by atoms with van der Waals surface area (Å²) in [6.07, 6.45) is 0. The normalized spacial score (nSPS) is 11.5. The summed E-state index contributed by atoms with van der Waals surface area (Å²) in [5.74, 6) is 0. The van der Waals surface area contributed by atoms with Gasteiger partial charge in [-0.3, -0.25) is 19.3 Å². The van der Waals surface area contributed by atoms with Crippen LogP contribution in [0, 0.1) is 17.0 Å². The Morgan fingerprint density at radius 1 is 1.09 bits per heavy atom. The molecule has 2 heterocycles. The summed E-state index contributed by atoms with van der Waals surface area (Å²) in [7, 11) is 0. The molecule has 0 bridgehead atoms. The van der Waals surface area contributed by atoms with Crippen LogP contribution in [0.15, 0.2) is 51.7 Å². The second kappa shape index (κ2) is 4.17. The number of non-ortho nitro benzene ring substituents is 1. The van der Waals surface area contributed by atoms with Crippen molar-refractivity contribution < 1.29 is 9.34 Å². The Labute approximate surface area is 123 Å². The van der Waals surface area contributed by atoms with Crippen molar-refractivity contribution in [3.8, 4) is 0 Å². The van der Waals surface area contributed by atoms with Crippen molar-refractivity contribution >= 4 is 33.4 Å². The van der Waals surface area contributed by atoms with Gasteiger partial charge >= 0.3 is 0 Å². The molecule has 0 amide bonds. The van der Waals surface area contributed by atoms with E-state index in [1.807, 2.05) is 29.5 Å². The third kappa shape index (κ3) is 1.64. The molecule has 0 unspecified atom stereocenters. The highest BCUT2D eigenvalue weighted by Gasteiger charge is 2.14. The van der Waals surface area contributed by atoms with Crippen LogP contribution in [0.4, 0.5) is 5.69 Å². The van der Waals surface area contributed by atoms with E-state index in [9.17, 15) is 14.9 Å². The lowest BCUT2D eigenvalue weighted by atomic mass is 10.1. The zero-order valence-corrected chi connectivity index (χ0v) is 11.6. The van der Waals surface area contributed by atoms with Crippen LogP contribution < -0.4 is 5.43 Å². The van der Waals surface area contributed by atoms with Crippen LogP contribution in [0.5, 0.6) is 0 Å². The fourth-order valence-electron chi connectivity index (χ4n) is 2.73. The van der Waals surface area contributed by atoms with Gasteiger partial charge in [0.05, 0.1) is 21.3 Å². The molecule has 2 aromatic heterocycles. The third-order valence-electron chi connectivity index (χ3n) is 3.74. The fraction of sp³-hybridized carbons (Fsp3) is 0.0625. The first-order valence-corrected chi connectivity index (χ1v) is 6.68. The Hall–Kier alpha value is -3.15. The zero-order valence-electron chi connectivity index (χ0n) is 11.6. The number of fused-ring (bicyclic) bond motifs is 5. The van der Waals surface area contributed by atoms with Crippen LogP contribution >= 0.6 is 0 Å². The van der Waals surface area contributed by atoms with Crippen LogP contribution in [0.25, 0.3) is 27.7 Å². The topological polar surface area (TPSA) is 77.8 Å². The van der Waals surface area contributed by atoms with E-state index in [-0.39, 0.29) is 11.1 Å². The molecule has 4 aromatic rings. The molecular weight excluding hydrogens is 284 g/mol. The third-order valence-corrected chi connectivity index (χ3v) is 3.74. The molecule has 0 saturated heterocycles. The molecule has 0 spiro atoms. The molecule has 0 aliphatic heterocycles. The van der Waals surface area contributed by atoms with Crippen LogP contribution in [0.3, 0.4) is 0 Å². The summed E-state index contributed by atoms with van der Waals surface area (Å²) >= 11 is 0. The molecule has 0 N–H and O–H groups in total. The number of hydrogen-bond acceptors (Lipinski definition) is 4. The summed E-state index contributed by atoms with van der Waals surface area (Å²) in [5, 5.41) is 11.2. The van der Waals surface area contributed by atoms with Crippen molar-refractivity contribution in [3.63, 3.8) is 0 Å². The maximum Gasteiger partial charge on any atom is 0.270 e. The minimum absolute atomic E-state index is 0.103. The quantitative estimate of drug-likeness (QED) is 0.398. The molecule has 0 radical (unpaired) electrons. The Balaban J connectivity index is 2.26. The van der Waals surface area contributed by atoms with Gasteiger partial charge in [0.15, 0.2) is 11.0 Å². The number of oxazole rings is 1. The molecule has 0 saturated carbocycles. The predicted molar refractivity (Wildman–Crippen MR) is 82.3 cm³/mol. The van der Waals surface area contributed by atoms with E-state index in [2.05, 4.69) is 0 Å². The number of pyridine rings is 1. The highest BCUT2D eigenvalue weighted by molar-refractivity contribution is 5.90. The summed E-state index contributed by atoms with van der Waals surface area (Å²) in [5.41, 5.74) is 3.17. The van der Waals surface area contributed by atoms with Crippen molar-refractivity contribution in [1.82, 2.24) is 4.40 Å². The van der Waals surface area contributed by atoms with Gasteiger partial charge in [0.25, 0.3) is 5.69 Å². The Morgan fingerprint density at radius 3 is 2.68 bits per heavy atom. The van der Waals surface area contributed by atoms with Crippen molar-refractivity contribution in [3.05, 3.63) is 68.4 Å². The minimum atomic E-state index is -0.509. The number of hydrogen-bond donors (Lipinski definition) is 0. The van der Waals surface area contributed by atoms with Gasteiger partial charge in [0, 0.05) is 18.2 Å². The van der Waals surface area contributed by atoms with Gasteiger partial charge in [-0.15, -0.1) is 0 Å². The summed E-state index contributed by atoms with van der Waals surface area (Å²) in [6.45, 7) is 1.97. The molecule has 0 aliphatic carbocycles. The van der Waals surface area contributed by atoms with Gasteiger partial charge in [-0.05, 0) is 30.7 Å². The maximum atomic E-state index is 12.2. The lowest BCUT2D eigenvalue weighted by Gasteiger charge is -2.02. The van der Waals surface area contributed by atoms with Gasteiger partial charge in [-0.25, -0.2) is 0 Å². The van der Waals surface area contributed by atoms with Gasteiger partial charge in [0.2, 0.25) is 5.71 Å². The lowest BCUT2D eigenvalue weighted by molar-refractivity contribution is -0.384. The molecule has 22 heavy (non-hydrogen) atoms. The maximum absolute atomic E-state index is 12.2. The standard InChI is InChI=1S/C16H10N2O4/c1-9-2-5-15-13(6-9)17-12-4-3-10(18(20)21)7-11(12)14(19)8-16(17)22-15/h2-8H,1H3. The number of rotatable bonds is 1. The van der Waals surface area contributed by atoms with Crippen molar-refractivity contribution in [2.75, 3.05) is 0 Å². The number of aromatic nitrogens is 1. The second-order valence-electron chi connectivity index (χ2n) is 5.21. The van der Waals surface area contributed by atoms with Gasteiger partial charge < -0.3 is 4.42 Å². The summed E-state index contributed by atoms with van der Waals surface area (Å²) in [4.78, 5) is 22.6. The smallest absolute Gasteiger partial charge is 0.270 e.